The van der Waals surface area contributed by atoms with Gasteiger partial charge in [0.25, 0.3) is 0 Å². The summed E-state index contributed by atoms with van der Waals surface area (Å²) in [6.07, 6.45) is 1.64. The molecule has 1 heterocycles. The Balaban J connectivity index is 1.90. The van der Waals surface area contributed by atoms with Gasteiger partial charge in [0.1, 0.15) is 6.33 Å². The van der Waals surface area contributed by atoms with E-state index in [1.807, 2.05) is 13.1 Å². The largest absolute Gasteiger partial charge is 0.478 e. The van der Waals surface area contributed by atoms with Crippen molar-refractivity contribution in [1.82, 2.24) is 20.1 Å². The van der Waals surface area contributed by atoms with Crippen LogP contribution in [-0.4, -0.2) is 25.8 Å². The van der Waals surface area contributed by atoms with Crippen LogP contribution >= 0.6 is 0 Å². The zero-order valence-electron chi connectivity index (χ0n) is 10.00. The molecule has 6 heteroatoms. The minimum absolute atomic E-state index is 0.297. The summed E-state index contributed by atoms with van der Waals surface area (Å²) < 4.78 is 1.64. The van der Waals surface area contributed by atoms with Gasteiger partial charge < -0.3 is 10.4 Å². The minimum Gasteiger partial charge on any atom is -0.478 e. The lowest BCUT2D eigenvalue weighted by molar-refractivity contribution is 0.0696. The summed E-state index contributed by atoms with van der Waals surface area (Å²) in [5.74, 6) is -0.199. The molecule has 2 aromatic rings. The molecule has 0 aliphatic heterocycles. The number of nitrogens with zero attached hydrogens (tertiary/aromatic N) is 3. The highest BCUT2D eigenvalue weighted by molar-refractivity contribution is 5.87. The molecule has 1 aromatic heterocycles. The van der Waals surface area contributed by atoms with E-state index in [0.717, 1.165) is 5.56 Å². The van der Waals surface area contributed by atoms with Crippen molar-refractivity contribution in [1.29, 1.82) is 0 Å². The number of aromatic carboxylic acids is 1. The van der Waals surface area contributed by atoms with Gasteiger partial charge in [-0.25, -0.2) is 9.78 Å². The summed E-state index contributed by atoms with van der Waals surface area (Å²) in [4.78, 5) is 14.9. The smallest absolute Gasteiger partial charge is 0.335 e. The molecule has 0 aliphatic rings. The molecule has 0 saturated heterocycles. The Morgan fingerprint density at radius 3 is 2.94 bits per heavy atom. The first-order chi connectivity index (χ1) is 8.65. The topological polar surface area (TPSA) is 80.0 Å². The third kappa shape index (κ3) is 3.14. The molecule has 0 saturated carbocycles. The first-order valence-electron chi connectivity index (χ1n) is 5.52. The molecule has 0 atom stereocenters. The van der Waals surface area contributed by atoms with Crippen LogP contribution < -0.4 is 5.32 Å². The van der Waals surface area contributed by atoms with Crippen LogP contribution in [0.2, 0.25) is 0 Å². The van der Waals surface area contributed by atoms with Gasteiger partial charge >= 0.3 is 5.97 Å². The Bertz CT molecular complexity index is 551. The Morgan fingerprint density at radius 2 is 2.28 bits per heavy atom. The fourth-order valence-corrected chi connectivity index (χ4v) is 1.60. The van der Waals surface area contributed by atoms with Gasteiger partial charge in [-0.3, -0.25) is 4.68 Å². The van der Waals surface area contributed by atoms with Crippen LogP contribution in [0, 0.1) is 0 Å². The zero-order chi connectivity index (χ0) is 13.0. The first-order valence-corrected chi connectivity index (χ1v) is 5.52. The fourth-order valence-electron chi connectivity index (χ4n) is 1.60. The second-order valence-corrected chi connectivity index (χ2v) is 3.94. The van der Waals surface area contributed by atoms with Gasteiger partial charge in [-0.15, -0.1) is 0 Å². The third-order valence-corrected chi connectivity index (χ3v) is 2.43. The summed E-state index contributed by atoms with van der Waals surface area (Å²) in [7, 11) is 1.81. The molecular weight excluding hydrogens is 232 g/mol. The highest BCUT2D eigenvalue weighted by Crippen LogP contribution is 2.05. The van der Waals surface area contributed by atoms with Gasteiger partial charge in [-0.2, -0.15) is 5.10 Å². The molecule has 2 rings (SSSR count). The molecule has 0 unspecified atom stereocenters. The zero-order valence-corrected chi connectivity index (χ0v) is 10.00. The number of carboxylic acids is 1. The van der Waals surface area contributed by atoms with Crippen molar-refractivity contribution in [2.45, 2.75) is 13.1 Å². The Hall–Kier alpha value is -2.21. The van der Waals surface area contributed by atoms with E-state index in [-0.39, 0.29) is 0 Å². The normalized spacial score (nSPS) is 10.5. The lowest BCUT2D eigenvalue weighted by Crippen LogP contribution is -2.14. The lowest BCUT2D eigenvalue weighted by atomic mass is 10.1. The van der Waals surface area contributed by atoms with Gasteiger partial charge in [-0.1, -0.05) is 12.1 Å². The van der Waals surface area contributed by atoms with E-state index in [0.29, 0.717) is 24.5 Å². The Labute approximate surface area is 104 Å². The van der Waals surface area contributed by atoms with Crippen LogP contribution in [0.4, 0.5) is 0 Å². The third-order valence-electron chi connectivity index (χ3n) is 2.43. The standard InChI is InChI=1S/C12H14N4O2/c1-16-8-14-11(15-16)7-13-6-9-3-2-4-10(5-9)12(17)18/h2-5,8,13H,6-7H2,1H3,(H,17,18). The second kappa shape index (κ2) is 5.42. The average Bonchev–Trinajstić information content (AvgIpc) is 2.75. The molecule has 0 bridgehead atoms. The van der Waals surface area contributed by atoms with E-state index in [9.17, 15) is 4.79 Å². The van der Waals surface area contributed by atoms with Crippen LogP contribution in [0.15, 0.2) is 30.6 Å². The predicted molar refractivity (Wildman–Crippen MR) is 64.9 cm³/mol. The van der Waals surface area contributed by atoms with Gasteiger partial charge in [-0.05, 0) is 17.7 Å². The SMILES string of the molecule is Cn1cnc(CNCc2cccc(C(=O)O)c2)n1. The number of benzene rings is 1. The average molecular weight is 246 g/mol. The Morgan fingerprint density at radius 1 is 1.44 bits per heavy atom. The van der Waals surface area contributed by atoms with Crippen molar-refractivity contribution in [3.05, 3.63) is 47.5 Å². The lowest BCUT2D eigenvalue weighted by Gasteiger charge is -2.03. The first kappa shape index (κ1) is 12.3. The summed E-state index contributed by atoms with van der Waals surface area (Å²) in [6, 6.07) is 6.85. The van der Waals surface area contributed by atoms with Gasteiger partial charge in [0.05, 0.1) is 12.1 Å². The maximum absolute atomic E-state index is 10.8. The van der Waals surface area contributed by atoms with Crippen molar-refractivity contribution < 1.29 is 9.90 Å². The summed E-state index contributed by atoms with van der Waals surface area (Å²) in [5.41, 5.74) is 1.22. The van der Waals surface area contributed by atoms with Crippen LogP contribution in [0.25, 0.3) is 0 Å². The Kier molecular flexibility index (Phi) is 3.69. The maximum Gasteiger partial charge on any atom is 0.335 e. The summed E-state index contributed by atoms with van der Waals surface area (Å²) in [6.45, 7) is 1.14. The molecule has 0 fully saturated rings. The number of aromatic nitrogens is 3. The molecule has 1 aromatic carbocycles. The van der Waals surface area contributed by atoms with Crippen molar-refractivity contribution in [2.24, 2.45) is 7.05 Å². The predicted octanol–water partition coefficient (Wildman–Crippen LogP) is 0.803. The summed E-state index contributed by atoms with van der Waals surface area (Å²) in [5, 5.41) is 16.2. The number of carboxylic acid groups (broad SMARTS) is 1. The van der Waals surface area contributed by atoms with Crippen LogP contribution in [-0.2, 0) is 20.1 Å². The van der Waals surface area contributed by atoms with E-state index in [2.05, 4.69) is 15.4 Å². The van der Waals surface area contributed by atoms with Gasteiger partial charge in [0.2, 0.25) is 0 Å². The van der Waals surface area contributed by atoms with E-state index in [1.54, 1.807) is 29.2 Å². The highest BCUT2D eigenvalue weighted by atomic mass is 16.4. The van der Waals surface area contributed by atoms with E-state index >= 15 is 0 Å². The van der Waals surface area contributed by atoms with Crippen LogP contribution in [0.1, 0.15) is 21.7 Å². The molecule has 18 heavy (non-hydrogen) atoms. The van der Waals surface area contributed by atoms with E-state index < -0.39 is 5.97 Å². The molecular formula is C12H14N4O2. The van der Waals surface area contributed by atoms with Crippen molar-refractivity contribution >= 4 is 5.97 Å². The molecule has 0 spiro atoms. The number of carbonyl (C=O) groups is 1. The van der Waals surface area contributed by atoms with Crippen molar-refractivity contribution in [3.8, 4) is 0 Å². The molecule has 6 nitrogen and oxygen atoms in total. The van der Waals surface area contributed by atoms with Crippen molar-refractivity contribution in [2.75, 3.05) is 0 Å². The monoisotopic (exact) mass is 246 g/mol. The van der Waals surface area contributed by atoms with Crippen molar-refractivity contribution in [3.63, 3.8) is 0 Å². The second-order valence-electron chi connectivity index (χ2n) is 3.94. The molecule has 2 N–H and O–H groups in total. The van der Waals surface area contributed by atoms with E-state index in [1.165, 1.54) is 0 Å². The minimum atomic E-state index is -0.914. The number of aryl methyl sites for hydroxylation is 1. The number of rotatable bonds is 5. The highest BCUT2D eigenvalue weighted by Gasteiger charge is 2.03. The maximum atomic E-state index is 10.8. The molecule has 0 aliphatic carbocycles. The number of hydrogen-bond acceptors (Lipinski definition) is 4. The van der Waals surface area contributed by atoms with Gasteiger partial charge in [0.15, 0.2) is 5.82 Å². The number of hydrogen-bond donors (Lipinski definition) is 2. The quantitative estimate of drug-likeness (QED) is 0.815. The molecule has 0 amide bonds. The van der Waals surface area contributed by atoms with E-state index in [4.69, 9.17) is 5.11 Å². The van der Waals surface area contributed by atoms with Crippen LogP contribution in [0.3, 0.4) is 0 Å². The summed E-state index contributed by atoms with van der Waals surface area (Å²) >= 11 is 0. The van der Waals surface area contributed by atoms with Gasteiger partial charge in [0, 0.05) is 13.6 Å². The molecule has 0 radical (unpaired) electrons. The molecule has 94 valence electrons. The van der Waals surface area contributed by atoms with Crippen LogP contribution in [0.5, 0.6) is 0 Å². The fraction of sp³-hybridized carbons (Fsp3) is 0.250. The number of nitrogens with one attached hydrogen (secondary N) is 1.